The van der Waals surface area contributed by atoms with Gasteiger partial charge in [0.2, 0.25) is 5.91 Å². The number of likely N-dealkylation sites (tertiary alicyclic amines) is 1. The molecule has 1 aliphatic rings. The van der Waals surface area contributed by atoms with E-state index < -0.39 is 0 Å². The Balaban J connectivity index is 2.28. The SMILES string of the molecule is C#CCCC(=O)NC(=S)N1CCCCC1. The van der Waals surface area contributed by atoms with Crippen molar-refractivity contribution < 1.29 is 4.79 Å². The summed E-state index contributed by atoms with van der Waals surface area (Å²) in [4.78, 5) is 13.4. The van der Waals surface area contributed by atoms with Gasteiger partial charge in [-0.15, -0.1) is 12.3 Å². The maximum absolute atomic E-state index is 11.3. The van der Waals surface area contributed by atoms with Crippen molar-refractivity contribution in [3.63, 3.8) is 0 Å². The van der Waals surface area contributed by atoms with E-state index >= 15 is 0 Å². The zero-order chi connectivity index (χ0) is 11.1. The predicted molar refractivity (Wildman–Crippen MR) is 64.2 cm³/mol. The van der Waals surface area contributed by atoms with E-state index in [1.54, 1.807) is 0 Å². The third-order valence-electron chi connectivity index (χ3n) is 2.39. The van der Waals surface area contributed by atoms with Crippen LogP contribution in [0.25, 0.3) is 0 Å². The number of nitrogens with zero attached hydrogens (tertiary/aromatic N) is 1. The Morgan fingerprint density at radius 3 is 2.67 bits per heavy atom. The molecule has 0 aromatic rings. The lowest BCUT2D eigenvalue weighted by atomic mass is 10.1. The van der Waals surface area contributed by atoms with Crippen LogP contribution in [-0.4, -0.2) is 29.0 Å². The molecule has 1 N–H and O–H groups in total. The van der Waals surface area contributed by atoms with Gasteiger partial charge in [-0.25, -0.2) is 0 Å². The van der Waals surface area contributed by atoms with Gasteiger partial charge >= 0.3 is 0 Å². The van der Waals surface area contributed by atoms with Crippen LogP contribution in [-0.2, 0) is 4.79 Å². The standard InChI is InChI=1S/C11H16N2OS/c1-2-3-7-10(14)12-11(15)13-8-5-4-6-9-13/h1H,3-9H2,(H,12,14,15). The third kappa shape index (κ3) is 4.30. The van der Waals surface area contributed by atoms with Crippen LogP contribution < -0.4 is 5.32 Å². The van der Waals surface area contributed by atoms with Gasteiger partial charge in [0.15, 0.2) is 5.11 Å². The van der Waals surface area contributed by atoms with Gasteiger partial charge in [0.05, 0.1) is 0 Å². The second kappa shape index (κ2) is 6.41. The summed E-state index contributed by atoms with van der Waals surface area (Å²) in [5, 5.41) is 3.26. The molecule has 0 bridgehead atoms. The first-order valence-corrected chi connectivity index (χ1v) is 5.67. The molecule has 4 heteroatoms. The highest BCUT2D eigenvalue weighted by atomic mass is 32.1. The van der Waals surface area contributed by atoms with Crippen LogP contribution >= 0.6 is 12.2 Å². The fraction of sp³-hybridized carbons (Fsp3) is 0.636. The summed E-state index contributed by atoms with van der Waals surface area (Å²) in [5.41, 5.74) is 0. The van der Waals surface area contributed by atoms with Crippen LogP contribution in [0, 0.1) is 12.3 Å². The van der Waals surface area contributed by atoms with Crippen LogP contribution in [0.2, 0.25) is 0 Å². The van der Waals surface area contributed by atoms with Crippen LogP contribution in [0.1, 0.15) is 32.1 Å². The molecule has 3 nitrogen and oxygen atoms in total. The second-order valence-corrected chi connectivity index (χ2v) is 3.99. The lowest BCUT2D eigenvalue weighted by Crippen LogP contribution is -2.44. The van der Waals surface area contributed by atoms with Crippen LogP contribution in [0.4, 0.5) is 0 Å². The van der Waals surface area contributed by atoms with Crippen molar-refractivity contribution in [2.75, 3.05) is 13.1 Å². The molecule has 0 aliphatic carbocycles. The van der Waals surface area contributed by atoms with Crippen LogP contribution in [0.15, 0.2) is 0 Å². The number of nitrogens with one attached hydrogen (secondary N) is 1. The Bertz CT molecular complexity index is 277. The van der Waals surface area contributed by atoms with E-state index in [2.05, 4.69) is 11.2 Å². The fourth-order valence-electron chi connectivity index (χ4n) is 1.54. The van der Waals surface area contributed by atoms with Crippen molar-refractivity contribution >= 4 is 23.2 Å². The molecule has 15 heavy (non-hydrogen) atoms. The molecule has 82 valence electrons. The van der Waals surface area contributed by atoms with Gasteiger partial charge in [-0.1, -0.05) is 0 Å². The molecule has 1 saturated heterocycles. The van der Waals surface area contributed by atoms with Gasteiger partial charge in [-0.3, -0.25) is 4.79 Å². The molecule has 1 aliphatic heterocycles. The summed E-state index contributed by atoms with van der Waals surface area (Å²) in [6.07, 6.45) is 9.46. The van der Waals surface area contributed by atoms with Crippen molar-refractivity contribution in [1.82, 2.24) is 10.2 Å². The van der Waals surface area contributed by atoms with Crippen molar-refractivity contribution in [2.24, 2.45) is 0 Å². The largest absolute Gasteiger partial charge is 0.349 e. The number of rotatable bonds is 2. The topological polar surface area (TPSA) is 32.3 Å². The molecule has 1 rings (SSSR count). The average Bonchev–Trinajstić information content (AvgIpc) is 2.27. The zero-order valence-electron chi connectivity index (χ0n) is 8.79. The molecule has 1 amide bonds. The maximum atomic E-state index is 11.3. The molecule has 0 aromatic heterocycles. The second-order valence-electron chi connectivity index (χ2n) is 3.61. The van der Waals surface area contributed by atoms with Gasteiger partial charge in [-0.2, -0.15) is 0 Å². The number of piperidine rings is 1. The Hall–Kier alpha value is -1.08. The van der Waals surface area contributed by atoms with Crippen LogP contribution in [0.5, 0.6) is 0 Å². The smallest absolute Gasteiger partial charge is 0.227 e. The highest BCUT2D eigenvalue weighted by Crippen LogP contribution is 2.08. The molecule has 0 aromatic carbocycles. The highest BCUT2D eigenvalue weighted by Gasteiger charge is 2.14. The number of terminal acetylenes is 1. The van der Waals surface area contributed by atoms with Gasteiger partial charge in [-0.05, 0) is 31.5 Å². The Labute approximate surface area is 96.2 Å². The van der Waals surface area contributed by atoms with E-state index in [4.69, 9.17) is 18.6 Å². The van der Waals surface area contributed by atoms with Gasteiger partial charge < -0.3 is 10.2 Å². The minimum absolute atomic E-state index is 0.0801. The van der Waals surface area contributed by atoms with Crippen molar-refractivity contribution in [3.05, 3.63) is 0 Å². The molecule has 0 atom stereocenters. The predicted octanol–water partition coefficient (Wildman–Crippen LogP) is 1.29. The van der Waals surface area contributed by atoms with Gasteiger partial charge in [0.25, 0.3) is 0 Å². The first-order valence-electron chi connectivity index (χ1n) is 5.26. The number of carbonyl (C=O) groups excluding carboxylic acids is 1. The Kier molecular flexibility index (Phi) is 5.13. The monoisotopic (exact) mass is 224 g/mol. The number of amides is 1. The van der Waals surface area contributed by atoms with Crippen molar-refractivity contribution in [1.29, 1.82) is 0 Å². The Morgan fingerprint density at radius 2 is 2.07 bits per heavy atom. The lowest BCUT2D eigenvalue weighted by Gasteiger charge is -2.28. The lowest BCUT2D eigenvalue weighted by molar-refractivity contribution is -0.119. The summed E-state index contributed by atoms with van der Waals surface area (Å²) in [5.74, 6) is 2.35. The summed E-state index contributed by atoms with van der Waals surface area (Å²) < 4.78 is 0. The third-order valence-corrected chi connectivity index (χ3v) is 2.75. The van der Waals surface area contributed by atoms with Crippen molar-refractivity contribution in [2.45, 2.75) is 32.1 Å². The first-order chi connectivity index (χ1) is 7.24. The zero-order valence-corrected chi connectivity index (χ0v) is 9.61. The molecule has 1 fully saturated rings. The normalized spacial score (nSPS) is 15.5. The number of hydrogen-bond acceptors (Lipinski definition) is 2. The van der Waals surface area contributed by atoms with Gasteiger partial charge in [0.1, 0.15) is 0 Å². The average molecular weight is 224 g/mol. The fourth-order valence-corrected chi connectivity index (χ4v) is 1.84. The van der Waals surface area contributed by atoms with E-state index in [-0.39, 0.29) is 5.91 Å². The summed E-state index contributed by atoms with van der Waals surface area (Å²) in [6.45, 7) is 1.91. The number of carbonyl (C=O) groups is 1. The molecule has 0 radical (unpaired) electrons. The van der Waals surface area contributed by atoms with E-state index in [0.29, 0.717) is 18.0 Å². The quantitative estimate of drug-likeness (QED) is 0.566. The maximum Gasteiger partial charge on any atom is 0.227 e. The number of thiocarbonyl (C=S) groups is 1. The first kappa shape index (κ1) is 12.0. The van der Waals surface area contributed by atoms with E-state index in [1.165, 1.54) is 6.42 Å². The molecule has 0 unspecified atom stereocenters. The van der Waals surface area contributed by atoms with Gasteiger partial charge in [0, 0.05) is 25.9 Å². The summed E-state index contributed by atoms with van der Waals surface area (Å²) in [6, 6.07) is 0. The highest BCUT2D eigenvalue weighted by molar-refractivity contribution is 7.80. The molecule has 0 saturated carbocycles. The number of hydrogen-bond donors (Lipinski definition) is 1. The molecule has 0 spiro atoms. The van der Waals surface area contributed by atoms with E-state index in [1.807, 2.05) is 4.90 Å². The summed E-state index contributed by atoms with van der Waals surface area (Å²) >= 11 is 5.14. The molecule has 1 heterocycles. The minimum Gasteiger partial charge on any atom is -0.349 e. The summed E-state index contributed by atoms with van der Waals surface area (Å²) in [7, 11) is 0. The van der Waals surface area contributed by atoms with Crippen LogP contribution in [0.3, 0.4) is 0 Å². The Morgan fingerprint density at radius 1 is 1.40 bits per heavy atom. The van der Waals surface area contributed by atoms with E-state index in [9.17, 15) is 4.79 Å². The van der Waals surface area contributed by atoms with E-state index in [0.717, 1.165) is 25.9 Å². The molecular weight excluding hydrogens is 208 g/mol. The van der Waals surface area contributed by atoms with Crippen molar-refractivity contribution in [3.8, 4) is 12.3 Å². The minimum atomic E-state index is -0.0801. The molecular formula is C11H16N2OS.